The number of ether oxygens (including phenoxy) is 2. The molecule has 0 unspecified atom stereocenters. The van der Waals surface area contributed by atoms with E-state index < -0.39 is 40.7 Å². The Morgan fingerprint density at radius 1 is 1.14 bits per heavy atom. The molecule has 0 saturated carbocycles. The third-order valence-electron chi connectivity index (χ3n) is 6.04. The predicted molar refractivity (Wildman–Crippen MR) is 150 cm³/mol. The van der Waals surface area contributed by atoms with E-state index in [1.807, 2.05) is 0 Å². The minimum absolute atomic E-state index is 0.00157. The van der Waals surface area contributed by atoms with E-state index in [0.717, 1.165) is 11.3 Å². The van der Waals surface area contributed by atoms with Crippen LogP contribution < -0.4 is 19.9 Å². The van der Waals surface area contributed by atoms with Crippen molar-refractivity contribution in [3.8, 4) is 11.5 Å². The van der Waals surface area contributed by atoms with Crippen LogP contribution in [0.15, 0.2) is 53.0 Å². The first-order valence-electron chi connectivity index (χ1n) is 12.7. The van der Waals surface area contributed by atoms with Crippen molar-refractivity contribution in [1.29, 1.82) is 0 Å². The number of hydrogen-bond donors (Lipinski definition) is 3. The molecule has 4 aromatic rings. The van der Waals surface area contributed by atoms with Gasteiger partial charge in [-0.25, -0.2) is 32.4 Å². The summed E-state index contributed by atoms with van der Waals surface area (Å²) in [6.07, 6.45) is 1.56. The first kappa shape index (κ1) is 30.8. The van der Waals surface area contributed by atoms with E-state index in [2.05, 4.69) is 20.6 Å². The molecule has 4 N–H and O–H groups in total. The van der Waals surface area contributed by atoms with Crippen LogP contribution >= 0.6 is 11.3 Å². The molecule has 13 nitrogen and oxygen atoms in total. The number of carboxylic acids is 1. The number of hydrogen-bond acceptors (Lipinski definition) is 10. The molecule has 0 spiro atoms. The van der Waals surface area contributed by atoms with Gasteiger partial charge in [0.05, 0.1) is 16.4 Å². The van der Waals surface area contributed by atoms with E-state index in [1.54, 1.807) is 62.5 Å². The SMILES string of the molecule is CC(C)[C@H](C(=O)N[C@@H](Cc1ccc(OCCF)cc1)C(=O)O)n1cc(COc2ccc3nc(S(N)(=O)=O)sc3c2)nn1. The van der Waals surface area contributed by atoms with Gasteiger partial charge in [0.25, 0.3) is 10.0 Å². The van der Waals surface area contributed by atoms with Crippen LogP contribution in [-0.4, -0.2) is 64.7 Å². The molecule has 0 bridgehead atoms. The zero-order chi connectivity index (χ0) is 30.4. The van der Waals surface area contributed by atoms with Crippen LogP contribution in [0.3, 0.4) is 0 Å². The van der Waals surface area contributed by atoms with Crippen LogP contribution in [0, 0.1) is 5.92 Å². The number of aliphatic carboxylic acids is 1. The molecule has 0 aliphatic heterocycles. The maximum absolute atomic E-state index is 13.2. The van der Waals surface area contributed by atoms with Gasteiger partial charge in [0.15, 0.2) is 0 Å². The molecule has 2 aromatic carbocycles. The second kappa shape index (κ2) is 13.2. The summed E-state index contributed by atoms with van der Waals surface area (Å²) in [5.41, 5.74) is 1.52. The van der Waals surface area contributed by atoms with Gasteiger partial charge in [0.2, 0.25) is 10.2 Å². The number of carbonyl (C=O) groups excluding carboxylic acids is 1. The Morgan fingerprint density at radius 2 is 1.86 bits per heavy atom. The highest BCUT2D eigenvalue weighted by molar-refractivity contribution is 7.91. The lowest BCUT2D eigenvalue weighted by Crippen LogP contribution is -2.46. The summed E-state index contributed by atoms with van der Waals surface area (Å²) >= 11 is 0.924. The molecule has 4 rings (SSSR count). The smallest absolute Gasteiger partial charge is 0.326 e. The van der Waals surface area contributed by atoms with Crippen molar-refractivity contribution in [3.63, 3.8) is 0 Å². The number of carbonyl (C=O) groups is 2. The second-order valence-corrected chi connectivity index (χ2v) is 12.4. The molecule has 16 heteroatoms. The Kier molecular flexibility index (Phi) is 9.70. The number of halogens is 1. The Bertz CT molecular complexity index is 1660. The molecule has 0 saturated heterocycles. The number of fused-ring (bicyclic) bond motifs is 1. The normalized spacial score (nSPS) is 13.2. The summed E-state index contributed by atoms with van der Waals surface area (Å²) in [4.78, 5) is 29.2. The third-order valence-corrected chi connectivity index (χ3v) is 8.37. The fourth-order valence-corrected chi connectivity index (χ4v) is 5.75. The summed E-state index contributed by atoms with van der Waals surface area (Å²) in [5.74, 6) is -1.11. The highest BCUT2D eigenvalue weighted by Crippen LogP contribution is 2.28. The molecule has 1 amide bonds. The van der Waals surface area contributed by atoms with Gasteiger partial charge in [-0.15, -0.1) is 16.4 Å². The van der Waals surface area contributed by atoms with E-state index in [9.17, 15) is 27.5 Å². The number of amides is 1. The maximum Gasteiger partial charge on any atom is 0.326 e. The van der Waals surface area contributed by atoms with Crippen molar-refractivity contribution in [1.82, 2.24) is 25.3 Å². The van der Waals surface area contributed by atoms with Crippen LogP contribution in [0.1, 0.15) is 31.1 Å². The third kappa shape index (κ3) is 7.77. The number of nitrogens with zero attached hydrogens (tertiary/aromatic N) is 4. The number of benzene rings is 2. The summed E-state index contributed by atoms with van der Waals surface area (Å²) in [7, 11) is -3.92. The number of carboxylic acid groups (broad SMARTS) is 1. The number of nitrogens with two attached hydrogens (primary N) is 1. The predicted octanol–water partition coefficient (Wildman–Crippen LogP) is 2.47. The van der Waals surface area contributed by atoms with E-state index in [1.165, 1.54) is 4.68 Å². The van der Waals surface area contributed by atoms with Crippen LogP contribution in [0.25, 0.3) is 10.2 Å². The Morgan fingerprint density at radius 3 is 2.50 bits per heavy atom. The monoisotopic (exact) mass is 620 g/mol. The minimum atomic E-state index is -3.92. The number of nitrogens with one attached hydrogen (secondary N) is 1. The van der Waals surface area contributed by atoms with Crippen molar-refractivity contribution in [2.75, 3.05) is 13.3 Å². The molecular weight excluding hydrogens is 591 g/mol. The molecule has 0 radical (unpaired) electrons. The lowest BCUT2D eigenvalue weighted by molar-refractivity contribution is -0.142. The summed E-state index contributed by atoms with van der Waals surface area (Å²) in [6, 6.07) is 9.34. The average Bonchev–Trinajstić information content (AvgIpc) is 3.58. The van der Waals surface area contributed by atoms with Gasteiger partial charge in [0.1, 0.15) is 49.2 Å². The zero-order valence-corrected chi connectivity index (χ0v) is 24.3. The van der Waals surface area contributed by atoms with Gasteiger partial charge >= 0.3 is 5.97 Å². The van der Waals surface area contributed by atoms with Crippen molar-refractivity contribution in [2.24, 2.45) is 11.1 Å². The number of sulfonamides is 1. The topological polar surface area (TPSA) is 189 Å². The highest BCUT2D eigenvalue weighted by atomic mass is 32.2. The molecule has 0 fully saturated rings. The van der Waals surface area contributed by atoms with Crippen molar-refractivity contribution >= 4 is 43.5 Å². The molecule has 0 aliphatic rings. The summed E-state index contributed by atoms with van der Waals surface area (Å²) in [6.45, 7) is 2.90. The van der Waals surface area contributed by atoms with E-state index >= 15 is 0 Å². The largest absolute Gasteiger partial charge is 0.491 e. The van der Waals surface area contributed by atoms with Gasteiger partial charge in [0, 0.05) is 6.42 Å². The standard InChI is InChI=1S/C26H29FN6O7S2/c1-15(2)23(24(34)29-21(25(35)36)11-16-3-5-18(6-4-16)39-10-9-27)33-13-17(31-32-33)14-40-19-7-8-20-22(12-19)41-26(30-20)42(28,37)38/h3-8,12-13,15,21,23H,9-11,14H2,1-2H3,(H,29,34)(H,35,36)(H2,28,37,38)/t21-,23+/m0/s1. The van der Waals surface area contributed by atoms with Crippen LogP contribution in [0.4, 0.5) is 4.39 Å². The van der Waals surface area contributed by atoms with Crippen molar-refractivity contribution in [3.05, 3.63) is 59.9 Å². The molecular formula is C26H29FN6O7S2. The molecule has 224 valence electrons. The number of rotatable bonds is 14. The Balaban J connectivity index is 1.41. The van der Waals surface area contributed by atoms with Gasteiger partial charge in [-0.05, 0) is 41.8 Å². The van der Waals surface area contributed by atoms with Gasteiger partial charge in [-0.3, -0.25) is 4.79 Å². The maximum atomic E-state index is 13.2. The number of aromatic nitrogens is 4. The Hall–Kier alpha value is -4.15. The molecule has 2 aromatic heterocycles. The van der Waals surface area contributed by atoms with Crippen molar-refractivity contribution in [2.45, 2.75) is 43.3 Å². The fraction of sp³-hybridized carbons (Fsp3) is 0.346. The van der Waals surface area contributed by atoms with E-state index in [4.69, 9.17) is 14.6 Å². The molecule has 2 atom stereocenters. The average molecular weight is 621 g/mol. The highest BCUT2D eigenvalue weighted by Gasteiger charge is 2.30. The van der Waals surface area contributed by atoms with Gasteiger partial charge in [-0.1, -0.05) is 31.2 Å². The number of thiazole rings is 1. The molecule has 0 aliphatic carbocycles. The first-order valence-corrected chi connectivity index (χ1v) is 15.1. The van der Waals surface area contributed by atoms with E-state index in [0.29, 0.717) is 33.0 Å². The Labute approximate surface area is 244 Å². The van der Waals surface area contributed by atoms with Gasteiger partial charge in [-0.2, -0.15) is 0 Å². The molecule has 2 heterocycles. The minimum Gasteiger partial charge on any atom is -0.491 e. The summed E-state index contributed by atoms with van der Waals surface area (Å²) in [5, 5.41) is 25.7. The van der Waals surface area contributed by atoms with Crippen LogP contribution in [-0.2, 0) is 32.6 Å². The summed E-state index contributed by atoms with van der Waals surface area (Å²) < 4.78 is 48.2. The second-order valence-electron chi connectivity index (χ2n) is 9.61. The number of alkyl halides is 1. The fourth-order valence-electron chi connectivity index (χ4n) is 4.07. The lowest BCUT2D eigenvalue weighted by atomic mass is 10.0. The zero-order valence-electron chi connectivity index (χ0n) is 22.6. The van der Waals surface area contributed by atoms with Crippen molar-refractivity contribution < 1.29 is 37.0 Å². The van der Waals surface area contributed by atoms with Gasteiger partial charge < -0.3 is 19.9 Å². The van der Waals surface area contributed by atoms with E-state index in [-0.39, 0.29) is 29.9 Å². The molecule has 42 heavy (non-hydrogen) atoms. The van der Waals surface area contributed by atoms with Crippen LogP contribution in [0.2, 0.25) is 0 Å². The van der Waals surface area contributed by atoms with Crippen LogP contribution in [0.5, 0.6) is 11.5 Å². The number of primary sulfonamides is 1. The quantitative estimate of drug-likeness (QED) is 0.189. The first-order chi connectivity index (χ1) is 19.9. The lowest BCUT2D eigenvalue weighted by Gasteiger charge is -2.23.